The van der Waals surface area contributed by atoms with Gasteiger partial charge in [-0.3, -0.25) is 4.79 Å². The van der Waals surface area contributed by atoms with E-state index in [1.54, 1.807) is 12.1 Å². The number of likely N-dealkylation sites (N-methyl/N-ethyl adjacent to an activating group) is 1. The second-order valence-electron chi connectivity index (χ2n) is 8.98. The van der Waals surface area contributed by atoms with Crippen molar-refractivity contribution in [1.29, 1.82) is 0 Å². The van der Waals surface area contributed by atoms with Gasteiger partial charge in [-0.1, -0.05) is 17.7 Å². The topological polar surface area (TPSA) is 98.2 Å². The van der Waals surface area contributed by atoms with Gasteiger partial charge < -0.3 is 20.0 Å². The number of aryl methyl sites for hydroxylation is 1. The van der Waals surface area contributed by atoms with Gasteiger partial charge in [-0.2, -0.15) is 0 Å². The summed E-state index contributed by atoms with van der Waals surface area (Å²) in [4.78, 5) is 36.3. The fraction of sp³-hybridized carbons (Fsp3) is 0.370. The largest absolute Gasteiger partial charge is 0.478 e. The first kappa shape index (κ1) is 26.1. The standard InChI is InChI=1S/C23H27FN2O.C4H4O4/c1-16-5-10-21-19(14-16)20-15-26(13-11-22(20)25(21)2)12-3-4-23(27)17-6-8-18(24)9-7-17;5-3(6)1-2-4(7)8/h5-10,14,20,22H,3-4,11-13,15H2,1-2H3;1-2H,(H,5,6)(H,7,8)/b;2-1-/t20-,22+;/m1./s1. The number of Topliss-reactive ketones (excluding diaryl/α,β-unsaturated/α-hetero) is 1. The summed E-state index contributed by atoms with van der Waals surface area (Å²) in [5.41, 5.74) is 4.79. The van der Waals surface area contributed by atoms with Crippen LogP contribution >= 0.6 is 0 Å². The molecule has 2 atom stereocenters. The second kappa shape index (κ2) is 11.8. The van der Waals surface area contributed by atoms with Crippen molar-refractivity contribution in [2.24, 2.45) is 0 Å². The van der Waals surface area contributed by atoms with E-state index in [1.807, 2.05) is 0 Å². The quantitative estimate of drug-likeness (QED) is 0.453. The summed E-state index contributed by atoms with van der Waals surface area (Å²) in [6.45, 7) is 5.26. The van der Waals surface area contributed by atoms with Crippen LogP contribution < -0.4 is 4.90 Å². The summed E-state index contributed by atoms with van der Waals surface area (Å²) < 4.78 is 13.0. The van der Waals surface area contributed by atoms with Gasteiger partial charge in [0.1, 0.15) is 5.82 Å². The smallest absolute Gasteiger partial charge is 0.328 e. The zero-order chi connectivity index (χ0) is 25.5. The van der Waals surface area contributed by atoms with Crippen LogP contribution in [0.4, 0.5) is 10.1 Å². The average Bonchev–Trinajstić information content (AvgIpc) is 3.09. The highest BCUT2D eigenvalue weighted by Crippen LogP contribution is 2.44. The minimum Gasteiger partial charge on any atom is -0.478 e. The molecule has 2 aliphatic rings. The van der Waals surface area contributed by atoms with Gasteiger partial charge in [0, 0.05) is 61.9 Å². The normalized spacial score (nSPS) is 19.0. The van der Waals surface area contributed by atoms with Crippen LogP contribution in [0.2, 0.25) is 0 Å². The van der Waals surface area contributed by atoms with E-state index in [9.17, 15) is 18.8 Å². The predicted octanol–water partition coefficient (Wildman–Crippen LogP) is 4.12. The number of aliphatic carboxylic acids is 2. The molecule has 2 aromatic carbocycles. The molecule has 0 amide bonds. The van der Waals surface area contributed by atoms with Gasteiger partial charge in [0.15, 0.2) is 5.78 Å². The van der Waals surface area contributed by atoms with E-state index in [4.69, 9.17) is 10.2 Å². The lowest BCUT2D eigenvalue weighted by molar-refractivity contribution is -0.134. The van der Waals surface area contributed by atoms with Crippen molar-refractivity contribution in [3.63, 3.8) is 0 Å². The first-order valence-corrected chi connectivity index (χ1v) is 11.6. The number of benzene rings is 2. The summed E-state index contributed by atoms with van der Waals surface area (Å²) >= 11 is 0. The lowest BCUT2D eigenvalue weighted by atomic mass is 9.88. The second-order valence-corrected chi connectivity index (χ2v) is 8.98. The van der Waals surface area contributed by atoms with Crippen molar-refractivity contribution in [3.05, 3.63) is 77.1 Å². The van der Waals surface area contributed by atoms with Crippen molar-refractivity contribution >= 4 is 23.4 Å². The molecule has 2 heterocycles. The molecule has 0 radical (unpaired) electrons. The van der Waals surface area contributed by atoms with Crippen LogP contribution in [-0.2, 0) is 9.59 Å². The molecule has 0 bridgehead atoms. The zero-order valence-corrected chi connectivity index (χ0v) is 20.0. The number of carbonyl (C=O) groups excluding carboxylic acids is 1. The van der Waals surface area contributed by atoms with E-state index >= 15 is 0 Å². The Hall–Kier alpha value is -3.52. The number of nitrogens with zero attached hydrogens (tertiary/aromatic N) is 2. The third-order valence-electron chi connectivity index (χ3n) is 6.53. The molecule has 7 nitrogen and oxygen atoms in total. The zero-order valence-electron chi connectivity index (χ0n) is 20.0. The van der Waals surface area contributed by atoms with Gasteiger partial charge in [0.2, 0.25) is 0 Å². The molecule has 1 saturated heterocycles. The molecular weight excluding hydrogens is 451 g/mol. The highest BCUT2D eigenvalue weighted by atomic mass is 19.1. The first-order chi connectivity index (χ1) is 16.7. The highest BCUT2D eigenvalue weighted by Gasteiger charge is 2.39. The Morgan fingerprint density at radius 3 is 2.34 bits per heavy atom. The van der Waals surface area contributed by atoms with Gasteiger partial charge >= 0.3 is 11.9 Å². The molecule has 2 aliphatic heterocycles. The van der Waals surface area contributed by atoms with Crippen molar-refractivity contribution < 1.29 is 29.0 Å². The van der Waals surface area contributed by atoms with E-state index in [-0.39, 0.29) is 11.6 Å². The maximum Gasteiger partial charge on any atom is 0.328 e. The third-order valence-corrected chi connectivity index (χ3v) is 6.53. The summed E-state index contributed by atoms with van der Waals surface area (Å²) in [5.74, 6) is -2.15. The van der Waals surface area contributed by atoms with Crippen molar-refractivity contribution in [1.82, 2.24) is 4.90 Å². The number of hydrogen-bond donors (Lipinski definition) is 2. The molecule has 35 heavy (non-hydrogen) atoms. The molecule has 4 rings (SSSR count). The summed E-state index contributed by atoms with van der Waals surface area (Å²) in [7, 11) is 2.22. The van der Waals surface area contributed by atoms with Crippen LogP contribution in [0.5, 0.6) is 0 Å². The van der Waals surface area contributed by atoms with Crippen molar-refractivity contribution in [2.45, 2.75) is 38.1 Å². The molecule has 0 unspecified atom stereocenters. The number of halogens is 1. The van der Waals surface area contributed by atoms with E-state index in [0.717, 1.165) is 26.1 Å². The average molecular weight is 483 g/mol. The molecule has 8 heteroatoms. The highest BCUT2D eigenvalue weighted by molar-refractivity contribution is 5.96. The summed E-state index contributed by atoms with van der Waals surface area (Å²) in [6, 6.07) is 13.3. The first-order valence-electron chi connectivity index (χ1n) is 11.6. The molecule has 2 N–H and O–H groups in total. The number of carboxylic acid groups (broad SMARTS) is 2. The molecular formula is C27H31FN2O5. The third kappa shape index (κ3) is 6.99. The maximum absolute atomic E-state index is 13.0. The number of anilines is 1. The Morgan fingerprint density at radius 1 is 1.06 bits per heavy atom. The number of carbonyl (C=O) groups is 3. The van der Waals surface area contributed by atoms with Crippen LogP contribution in [0.25, 0.3) is 0 Å². The minimum absolute atomic E-state index is 0.103. The molecule has 0 aromatic heterocycles. The number of ketones is 1. The fourth-order valence-electron chi connectivity index (χ4n) is 4.84. The number of piperidine rings is 1. The molecule has 0 spiro atoms. The summed E-state index contributed by atoms with van der Waals surface area (Å²) in [6.07, 6.45) is 3.65. The van der Waals surface area contributed by atoms with Gasteiger partial charge in [0.05, 0.1) is 0 Å². The lowest BCUT2D eigenvalue weighted by Crippen LogP contribution is -2.45. The number of carboxylic acids is 2. The number of rotatable bonds is 7. The van der Waals surface area contributed by atoms with Crippen LogP contribution in [-0.4, -0.2) is 65.6 Å². The van der Waals surface area contributed by atoms with Gasteiger partial charge in [-0.05, 0) is 62.2 Å². The van der Waals surface area contributed by atoms with E-state index < -0.39 is 11.9 Å². The van der Waals surface area contributed by atoms with Gasteiger partial charge in [-0.25, -0.2) is 14.0 Å². The van der Waals surface area contributed by atoms with E-state index in [1.165, 1.54) is 35.4 Å². The monoisotopic (exact) mass is 482 g/mol. The van der Waals surface area contributed by atoms with Crippen LogP contribution in [0.3, 0.4) is 0 Å². The Balaban J connectivity index is 0.000000371. The molecule has 0 saturated carbocycles. The van der Waals surface area contributed by atoms with Crippen molar-refractivity contribution in [2.75, 3.05) is 31.6 Å². The molecule has 1 fully saturated rings. The van der Waals surface area contributed by atoms with Crippen LogP contribution in [0.15, 0.2) is 54.6 Å². The van der Waals surface area contributed by atoms with E-state index in [2.05, 4.69) is 42.0 Å². The lowest BCUT2D eigenvalue weighted by Gasteiger charge is -2.37. The number of hydrogen-bond acceptors (Lipinski definition) is 5. The maximum atomic E-state index is 13.0. The Kier molecular flexibility index (Phi) is 8.76. The van der Waals surface area contributed by atoms with Gasteiger partial charge in [-0.15, -0.1) is 0 Å². The minimum atomic E-state index is -1.26. The van der Waals surface area contributed by atoms with E-state index in [0.29, 0.717) is 36.1 Å². The Labute approximate surface area is 204 Å². The Morgan fingerprint density at radius 2 is 1.71 bits per heavy atom. The number of fused-ring (bicyclic) bond motifs is 3. The number of likely N-dealkylation sites (tertiary alicyclic amines) is 1. The predicted molar refractivity (Wildman–Crippen MR) is 132 cm³/mol. The Bertz CT molecular complexity index is 1080. The SMILES string of the molecule is Cc1ccc2c(c1)[C@H]1CN(CCCC(=O)c3ccc(F)cc3)CC[C@@H]1N2C.O=C(O)/C=C\C(=O)O. The fourth-order valence-corrected chi connectivity index (χ4v) is 4.84. The van der Waals surface area contributed by atoms with Gasteiger partial charge in [0.25, 0.3) is 0 Å². The van der Waals surface area contributed by atoms with Crippen LogP contribution in [0.1, 0.15) is 46.7 Å². The molecule has 2 aromatic rings. The molecule has 186 valence electrons. The molecule has 0 aliphatic carbocycles. The summed E-state index contributed by atoms with van der Waals surface area (Å²) in [5, 5.41) is 15.6. The van der Waals surface area contributed by atoms with Crippen molar-refractivity contribution in [3.8, 4) is 0 Å². The van der Waals surface area contributed by atoms with Crippen LogP contribution in [0, 0.1) is 12.7 Å².